The van der Waals surface area contributed by atoms with Gasteiger partial charge in [-0.15, -0.1) is 0 Å². The molecule has 514 valence electrons. The molecular weight excluding hydrogens is 1430 g/mol. The van der Waals surface area contributed by atoms with Gasteiger partial charge in [0.05, 0.1) is 0 Å². The van der Waals surface area contributed by atoms with E-state index < -0.39 is 173 Å². The van der Waals surface area contributed by atoms with Gasteiger partial charge in [0, 0.05) is 0 Å². The monoisotopic (exact) mass is 1530 g/mol. The van der Waals surface area contributed by atoms with E-state index in [-0.39, 0.29) is 106 Å². The van der Waals surface area contributed by atoms with Gasteiger partial charge >= 0.3 is 641 Å². The number of hydrogen-bond acceptors (Lipinski definition) is 2. The van der Waals surface area contributed by atoms with Crippen molar-refractivity contribution in [2.75, 3.05) is 9.80 Å². The summed E-state index contributed by atoms with van der Waals surface area (Å²) in [4.78, 5) is 3.95. The van der Waals surface area contributed by atoms with Crippen LogP contribution in [0.15, 0.2) is 315 Å². The fourth-order valence-electron chi connectivity index (χ4n) is 15.8. The fourth-order valence-corrected chi connectivity index (χ4v) is 20.6. The molecule has 7 heteroatoms. The summed E-state index contributed by atoms with van der Waals surface area (Å²) < 4.78 is 226. The van der Waals surface area contributed by atoms with Crippen LogP contribution in [-0.4, -0.2) is 44.9 Å². The Morgan fingerprint density at radius 3 is 1.06 bits per heavy atom. The Morgan fingerprint density at radius 2 is 0.673 bits per heavy atom. The van der Waals surface area contributed by atoms with E-state index in [0.717, 1.165) is 16.7 Å². The van der Waals surface area contributed by atoms with Gasteiger partial charge in [-0.1, -0.05) is 26.8 Å². The van der Waals surface area contributed by atoms with Gasteiger partial charge in [-0.3, -0.25) is 0 Å². The van der Waals surface area contributed by atoms with Crippen LogP contribution in [0.3, 0.4) is 0 Å². The zero-order valence-electron chi connectivity index (χ0n) is 82.0. The molecule has 18 aromatic rings. The number of anilines is 6. The topological polar surface area (TPSA) is 16.3 Å². The Hall–Kier alpha value is -11.1. The molecule has 0 spiro atoms. The van der Waals surface area contributed by atoms with E-state index in [1.54, 1.807) is 0 Å². The molecular formula is C100H79BN4Se2. The summed E-state index contributed by atoms with van der Waals surface area (Å²) in [5, 5.41) is -0.180. The van der Waals surface area contributed by atoms with Gasteiger partial charge in [-0.2, -0.15) is 0 Å². The van der Waals surface area contributed by atoms with Crippen molar-refractivity contribution in [1.82, 2.24) is 9.13 Å². The fraction of sp³-hybridized carbons (Fsp3) is 0.120. The number of fused-ring (bicyclic) bond motifs is 14. The molecule has 0 radical (unpaired) electrons. The number of benzene rings is 14. The third-order valence-corrected chi connectivity index (χ3v) is 25.7. The summed E-state index contributed by atoms with van der Waals surface area (Å²) in [6, 6.07) is 47.5. The standard InChI is InChI=1S/C100H79BN4Se2/c1-98(2,3)68-40-30-39-66(53-68)67-54-87-93-88(55-67)105(95-79(64-35-18-12-19-36-64)58-70(100(7,8)9)59-80(95)65-37-20-13-21-38-65)86-61-72(103-84-46-27-23-42-74(84)92-76-44-25-29-48-90(76)107-97(92)103)50-52-82(86)101(93)81-51-49-71(102-83-45-26-22-41-73(83)91-75-43-24-28-47-89(75)106-96(91)102)60-85(81)104(87)94-77(62-31-14-10-15-32-62)56-69(99(4,5)6)57-78(94)63-33-16-11-17-34-63/h10-61H,1-9H3/i22D,23D,24D,25D,26D,27D,28D,29D,41D,42D,43D,44D,45D,46D,47D,48D,49D,50D,51D,52D,60D,61D. The second-order valence-corrected chi connectivity index (χ2v) is 34.9. The average Bonchev–Trinajstić information content (AvgIpc) is 1.68. The second kappa shape index (κ2) is 24.7. The Bertz CT molecular complexity index is 7470. The van der Waals surface area contributed by atoms with Gasteiger partial charge in [0.25, 0.3) is 0 Å². The van der Waals surface area contributed by atoms with Gasteiger partial charge in [0.1, 0.15) is 0 Å². The van der Waals surface area contributed by atoms with Crippen LogP contribution in [0.4, 0.5) is 34.1 Å². The van der Waals surface area contributed by atoms with Crippen LogP contribution in [0.5, 0.6) is 0 Å². The van der Waals surface area contributed by atoms with E-state index in [9.17, 15) is 24.7 Å². The quantitative estimate of drug-likeness (QED) is 0.134. The molecule has 2 aliphatic rings. The molecule has 2 aliphatic heterocycles. The molecule has 0 amide bonds. The summed E-state index contributed by atoms with van der Waals surface area (Å²) in [7, 11) is 0. The van der Waals surface area contributed by atoms with E-state index in [4.69, 9.17) is 5.48 Å². The van der Waals surface area contributed by atoms with Crippen molar-refractivity contribution in [2.24, 2.45) is 0 Å². The number of rotatable bonds is 9. The Labute approximate surface area is 669 Å². The van der Waals surface area contributed by atoms with Crippen molar-refractivity contribution in [2.45, 2.75) is 78.6 Å². The molecule has 0 saturated heterocycles. The Balaban J connectivity index is 1.07. The van der Waals surface area contributed by atoms with Crippen LogP contribution in [0, 0.1) is 0 Å². The molecule has 0 N–H and O–H groups in total. The van der Waals surface area contributed by atoms with Crippen LogP contribution in [-0.2, 0) is 16.2 Å². The summed E-state index contributed by atoms with van der Waals surface area (Å²) in [5.74, 6) is 0. The van der Waals surface area contributed by atoms with E-state index in [0.29, 0.717) is 83.8 Å². The van der Waals surface area contributed by atoms with Crippen LogP contribution >= 0.6 is 0 Å². The van der Waals surface area contributed by atoms with Crippen molar-refractivity contribution in [3.8, 4) is 67.0 Å². The summed E-state index contributed by atoms with van der Waals surface area (Å²) in [5.41, 5.74) is 8.25. The second-order valence-electron chi connectivity index (χ2n) is 30.7. The summed E-state index contributed by atoms with van der Waals surface area (Å²) in [6.07, 6.45) is 0. The molecule has 14 aromatic carbocycles. The molecule has 0 aliphatic carbocycles. The third kappa shape index (κ3) is 10.5. The number of nitrogens with zero attached hydrogens (tertiary/aromatic N) is 4. The summed E-state index contributed by atoms with van der Waals surface area (Å²) >= 11 is -2.46. The van der Waals surface area contributed by atoms with Crippen LogP contribution in [0.1, 0.15) is 109 Å². The summed E-state index contributed by atoms with van der Waals surface area (Å²) in [6.45, 7) is 17.5. The van der Waals surface area contributed by atoms with Gasteiger partial charge in [-0.05, 0) is 5.41 Å². The van der Waals surface area contributed by atoms with Crippen molar-refractivity contribution in [3.05, 3.63) is 332 Å². The first-order valence-corrected chi connectivity index (χ1v) is 39.2. The van der Waals surface area contributed by atoms with Gasteiger partial charge in [0.15, 0.2) is 0 Å². The SMILES string of the molecule is [2H]c1c([2H])c(-n2c3[se]c4c([2H])c([2H])c([2H])c([2H])c4c3c3c([2H])c([2H])c([2H])c([2H])c32)c([2H])c2c1B1c3c(cc(-c4cccc(C(C)(C)C)c4)cc3N(c3c(-c4ccccc4)cc(C(C)(C)C)cc3-c3ccccc3)c3c([2H])c(-n4c5[se]c6c([2H])c([2H])c([2H])c([2H])c6c5c5c([2H])c([2H])c([2H])c([2H])c54)c([2H])c([2H])c31)N2c1c(-c2ccccc2)cc(C(C)(C)C)cc1-c1ccccc1. The zero-order valence-corrected chi connectivity index (χ0v) is 63.4. The molecule has 0 atom stereocenters. The first kappa shape index (κ1) is 46.1. The number of hydrogen-bond donors (Lipinski definition) is 0. The molecule has 4 aromatic heterocycles. The van der Waals surface area contributed by atoms with Gasteiger partial charge in [-0.25, -0.2) is 0 Å². The maximum atomic E-state index is 12.0. The molecule has 0 unspecified atom stereocenters. The third-order valence-electron chi connectivity index (χ3n) is 21.1. The van der Waals surface area contributed by atoms with E-state index in [1.165, 1.54) is 9.13 Å². The first-order chi connectivity index (χ1) is 61.2. The van der Waals surface area contributed by atoms with Gasteiger partial charge in [0.2, 0.25) is 0 Å². The predicted octanol–water partition coefficient (Wildman–Crippen LogP) is 24.6. The molecule has 0 fully saturated rings. The minimum atomic E-state index is -1.60. The number of para-hydroxylation sites is 2. The molecule has 20 rings (SSSR count). The van der Waals surface area contributed by atoms with Crippen LogP contribution in [0.25, 0.3) is 128 Å². The molecule has 0 saturated carbocycles. The van der Waals surface area contributed by atoms with Crippen LogP contribution < -0.4 is 26.2 Å². The molecule has 0 bridgehead atoms. The van der Waals surface area contributed by atoms with E-state index in [1.807, 2.05) is 155 Å². The van der Waals surface area contributed by atoms with Crippen molar-refractivity contribution in [3.63, 3.8) is 0 Å². The Kier molecular flexibility index (Phi) is 10.6. The molecule has 4 nitrogen and oxygen atoms in total. The average molecular weight is 1530 g/mol. The van der Waals surface area contributed by atoms with E-state index >= 15 is 0 Å². The van der Waals surface area contributed by atoms with Crippen molar-refractivity contribution >= 4 is 147 Å². The van der Waals surface area contributed by atoms with Crippen molar-refractivity contribution < 1.29 is 30.2 Å². The van der Waals surface area contributed by atoms with E-state index in [2.05, 4.69) is 98.7 Å². The molecule has 6 heterocycles. The van der Waals surface area contributed by atoms with Gasteiger partial charge < -0.3 is 0 Å². The molecule has 107 heavy (non-hydrogen) atoms. The number of aromatic nitrogens is 2. The normalized spacial score (nSPS) is 15.9. The zero-order chi connectivity index (χ0) is 91.5. The minimum absolute atomic E-state index is 0.00549. The maximum absolute atomic E-state index is 12.0. The van der Waals surface area contributed by atoms with Crippen LogP contribution in [0.2, 0.25) is 0 Å². The first-order valence-electron chi connectivity index (χ1n) is 46.8. The predicted molar refractivity (Wildman–Crippen MR) is 461 cm³/mol. The Morgan fingerprint density at radius 1 is 0.318 bits per heavy atom. The van der Waals surface area contributed by atoms with Crippen molar-refractivity contribution in [1.29, 1.82) is 0 Å².